The molecule has 7 nitrogen and oxygen atoms in total. The zero-order chi connectivity index (χ0) is 18.1. The number of anilines is 2. The largest absolute Gasteiger partial charge is 0.370 e. The highest BCUT2D eigenvalue weighted by Crippen LogP contribution is 2.28. The molecule has 0 aliphatic carbocycles. The van der Waals surface area contributed by atoms with Gasteiger partial charge in [0.25, 0.3) is 0 Å². The average Bonchev–Trinajstić information content (AvgIpc) is 2.85. The molecule has 1 aromatic heterocycles. The summed E-state index contributed by atoms with van der Waals surface area (Å²) < 4.78 is 1.75. The zero-order valence-electron chi connectivity index (χ0n) is 14.7. The van der Waals surface area contributed by atoms with Gasteiger partial charge < -0.3 is 20.9 Å². The smallest absolute Gasteiger partial charge is 0.232 e. The first-order chi connectivity index (χ1) is 11.2. The van der Waals surface area contributed by atoms with E-state index in [9.17, 15) is 9.59 Å². The van der Waals surface area contributed by atoms with Crippen LogP contribution in [0.15, 0.2) is 18.2 Å². The van der Waals surface area contributed by atoms with Gasteiger partial charge in [-0.2, -0.15) is 0 Å². The van der Waals surface area contributed by atoms with Gasteiger partial charge in [-0.05, 0) is 24.6 Å². The van der Waals surface area contributed by atoms with Crippen LogP contribution in [-0.2, 0) is 16.1 Å². The second-order valence-electron chi connectivity index (χ2n) is 6.61. The molecule has 1 heterocycles. The number of nitrogens with two attached hydrogens (primary N) is 2. The first-order valence-electron chi connectivity index (χ1n) is 7.99. The number of benzene rings is 1. The van der Waals surface area contributed by atoms with Gasteiger partial charge in [0.05, 0.1) is 11.0 Å². The second kappa shape index (κ2) is 6.51. The molecule has 24 heavy (non-hydrogen) atoms. The number of hydrogen-bond acceptors (Lipinski definition) is 4. The molecule has 1 aromatic carbocycles. The molecular formula is C17H25N5O2. The predicted molar refractivity (Wildman–Crippen MR) is 95.4 cm³/mol. The molecule has 7 heteroatoms. The molecule has 130 valence electrons. The fourth-order valence-electron chi connectivity index (χ4n) is 2.52. The van der Waals surface area contributed by atoms with Crippen molar-refractivity contribution in [2.75, 3.05) is 17.7 Å². The lowest BCUT2D eigenvalue weighted by molar-refractivity contribution is -0.126. The van der Waals surface area contributed by atoms with Gasteiger partial charge >= 0.3 is 0 Å². The van der Waals surface area contributed by atoms with Crippen LogP contribution in [0.4, 0.5) is 11.6 Å². The topological polar surface area (TPSA) is 107 Å². The lowest BCUT2D eigenvalue weighted by Crippen LogP contribution is -2.38. The fraction of sp³-hybridized carbons (Fsp3) is 0.471. The van der Waals surface area contributed by atoms with Crippen LogP contribution in [0.2, 0.25) is 0 Å². The number of carbonyl (C=O) groups is 2. The maximum absolute atomic E-state index is 12.6. The molecule has 0 atom stereocenters. The Morgan fingerprint density at radius 3 is 2.58 bits per heavy atom. The molecule has 0 aliphatic rings. The second-order valence-corrected chi connectivity index (χ2v) is 6.61. The summed E-state index contributed by atoms with van der Waals surface area (Å²) in [4.78, 5) is 29.6. The van der Waals surface area contributed by atoms with Crippen molar-refractivity contribution < 1.29 is 9.59 Å². The number of hydrogen-bond donors (Lipinski definition) is 2. The summed E-state index contributed by atoms with van der Waals surface area (Å²) in [6.07, 6.45) is 0.952. The quantitative estimate of drug-likeness (QED) is 0.842. The number of aromatic nitrogens is 2. The van der Waals surface area contributed by atoms with Crippen molar-refractivity contribution in [2.24, 2.45) is 11.1 Å². The van der Waals surface area contributed by atoms with Crippen molar-refractivity contribution in [3.8, 4) is 0 Å². The maximum atomic E-state index is 12.6. The van der Waals surface area contributed by atoms with Crippen LogP contribution in [-0.4, -0.2) is 28.4 Å². The minimum atomic E-state index is -0.427. The Morgan fingerprint density at radius 1 is 1.33 bits per heavy atom. The molecule has 0 spiro atoms. The highest BCUT2D eigenvalue weighted by molar-refractivity contribution is 5.98. The van der Waals surface area contributed by atoms with Crippen molar-refractivity contribution in [2.45, 2.75) is 40.2 Å². The number of aryl methyl sites for hydroxylation is 1. The van der Waals surface area contributed by atoms with Gasteiger partial charge in [0.2, 0.25) is 17.8 Å². The third-order valence-corrected chi connectivity index (χ3v) is 4.50. The number of amides is 2. The molecule has 2 rings (SSSR count). The van der Waals surface area contributed by atoms with E-state index in [-0.39, 0.29) is 18.2 Å². The maximum Gasteiger partial charge on any atom is 0.232 e. The van der Waals surface area contributed by atoms with Crippen molar-refractivity contribution in [1.29, 1.82) is 0 Å². The average molecular weight is 331 g/mol. The fourth-order valence-corrected chi connectivity index (χ4v) is 2.52. The van der Waals surface area contributed by atoms with E-state index in [4.69, 9.17) is 11.5 Å². The number of imidazole rings is 1. The van der Waals surface area contributed by atoms with Crippen molar-refractivity contribution >= 4 is 34.5 Å². The summed E-state index contributed by atoms with van der Waals surface area (Å²) in [5.41, 5.74) is 13.0. The summed E-state index contributed by atoms with van der Waals surface area (Å²) in [7, 11) is 1.76. The highest BCUT2D eigenvalue weighted by atomic mass is 16.2. The van der Waals surface area contributed by atoms with Crippen LogP contribution >= 0.6 is 0 Å². The van der Waals surface area contributed by atoms with E-state index < -0.39 is 5.41 Å². The monoisotopic (exact) mass is 331 g/mol. The molecule has 0 saturated carbocycles. The number of rotatable bonds is 6. The van der Waals surface area contributed by atoms with Crippen molar-refractivity contribution in [3.05, 3.63) is 18.2 Å². The van der Waals surface area contributed by atoms with Gasteiger partial charge in [-0.15, -0.1) is 0 Å². The normalized spacial score (nSPS) is 11.7. The lowest BCUT2D eigenvalue weighted by atomic mass is 9.88. The van der Waals surface area contributed by atoms with Crippen LogP contribution in [0.5, 0.6) is 0 Å². The number of carbonyl (C=O) groups excluding carboxylic acids is 2. The first-order valence-corrected chi connectivity index (χ1v) is 7.99. The van der Waals surface area contributed by atoms with Gasteiger partial charge in [0.15, 0.2) is 0 Å². The van der Waals surface area contributed by atoms with Crippen LogP contribution in [0.25, 0.3) is 11.0 Å². The third-order valence-electron chi connectivity index (χ3n) is 4.50. The molecule has 0 bridgehead atoms. The van der Waals surface area contributed by atoms with Crippen LogP contribution in [0, 0.1) is 5.41 Å². The Bertz CT molecular complexity index is 779. The predicted octanol–water partition coefficient (Wildman–Crippen LogP) is 1.89. The molecule has 0 radical (unpaired) electrons. The van der Waals surface area contributed by atoms with Crippen molar-refractivity contribution in [3.63, 3.8) is 0 Å². The van der Waals surface area contributed by atoms with Crippen molar-refractivity contribution in [1.82, 2.24) is 9.55 Å². The summed E-state index contributed by atoms with van der Waals surface area (Å²) in [6, 6.07) is 5.54. The highest BCUT2D eigenvalue weighted by Gasteiger charge is 2.29. The van der Waals surface area contributed by atoms with Gasteiger partial charge in [0, 0.05) is 31.1 Å². The molecule has 0 saturated heterocycles. The van der Waals surface area contributed by atoms with E-state index in [0.717, 1.165) is 17.6 Å². The Labute approximate surface area is 141 Å². The number of nitrogens with zero attached hydrogens (tertiary/aromatic N) is 3. The molecule has 4 N–H and O–H groups in total. The van der Waals surface area contributed by atoms with Gasteiger partial charge in [0.1, 0.15) is 0 Å². The number of nitrogen functional groups attached to an aromatic ring is 1. The van der Waals surface area contributed by atoms with Gasteiger partial charge in [-0.25, -0.2) is 4.98 Å². The van der Waals surface area contributed by atoms with E-state index >= 15 is 0 Å². The first kappa shape index (κ1) is 17.8. The SMILES string of the molecule is CCC(C)(C)C(=O)N(C)c1ccc2c(c1)nc(N)n2CCC(N)=O. The molecule has 2 amide bonds. The number of fused-ring (bicyclic) bond motifs is 1. The molecule has 2 aromatic rings. The van der Waals surface area contributed by atoms with Crippen LogP contribution in [0.1, 0.15) is 33.6 Å². The van der Waals surface area contributed by atoms with E-state index in [1.807, 2.05) is 39.0 Å². The van der Waals surface area contributed by atoms with E-state index in [1.54, 1.807) is 16.5 Å². The number of primary amides is 1. The minimum absolute atomic E-state index is 0.0467. The third kappa shape index (κ3) is 3.34. The van der Waals surface area contributed by atoms with E-state index in [0.29, 0.717) is 18.0 Å². The van der Waals surface area contributed by atoms with Gasteiger partial charge in [-0.1, -0.05) is 20.8 Å². The van der Waals surface area contributed by atoms with E-state index in [1.165, 1.54) is 0 Å². The summed E-state index contributed by atoms with van der Waals surface area (Å²) in [5, 5.41) is 0. The Hall–Kier alpha value is -2.57. The summed E-state index contributed by atoms with van der Waals surface area (Å²) in [6.45, 7) is 6.24. The van der Waals surface area contributed by atoms with Crippen LogP contribution < -0.4 is 16.4 Å². The molecule has 0 unspecified atom stereocenters. The van der Waals surface area contributed by atoms with E-state index in [2.05, 4.69) is 4.98 Å². The van der Waals surface area contributed by atoms with Crippen LogP contribution in [0.3, 0.4) is 0 Å². The lowest BCUT2D eigenvalue weighted by Gasteiger charge is -2.28. The molecular weight excluding hydrogens is 306 g/mol. The zero-order valence-corrected chi connectivity index (χ0v) is 14.7. The van der Waals surface area contributed by atoms with Gasteiger partial charge in [-0.3, -0.25) is 9.59 Å². The minimum Gasteiger partial charge on any atom is -0.370 e. The molecule has 0 fully saturated rings. The summed E-state index contributed by atoms with van der Waals surface area (Å²) >= 11 is 0. The summed E-state index contributed by atoms with van der Waals surface area (Å²) in [5.74, 6) is -0.0169. The Balaban J connectivity index is 2.35. The Kier molecular flexibility index (Phi) is 4.82. The Morgan fingerprint density at radius 2 is 2.00 bits per heavy atom. The molecule has 0 aliphatic heterocycles. The standard InChI is InChI=1S/C17H25N5O2/c1-5-17(2,3)15(24)21(4)11-6-7-13-12(10-11)20-16(19)22(13)9-8-14(18)23/h6-7,10H,5,8-9H2,1-4H3,(H2,18,23)(H2,19,20).